The van der Waals surface area contributed by atoms with Gasteiger partial charge in [0.1, 0.15) is 0 Å². The van der Waals surface area contributed by atoms with Gasteiger partial charge in [-0.05, 0) is 50.8 Å². The number of hydrogen-bond donors (Lipinski definition) is 4. The third-order valence-corrected chi connectivity index (χ3v) is 5.02. The van der Waals surface area contributed by atoms with Crippen LogP contribution in [-0.4, -0.2) is 44.6 Å². The number of anilines is 3. The summed E-state index contributed by atoms with van der Waals surface area (Å²) in [6.07, 6.45) is 5.57. The van der Waals surface area contributed by atoms with Gasteiger partial charge < -0.3 is 26.1 Å². The Hall–Kier alpha value is -3.20. The minimum atomic E-state index is -0.360. The summed E-state index contributed by atoms with van der Waals surface area (Å²) in [6, 6.07) is 7.69. The summed E-state index contributed by atoms with van der Waals surface area (Å²) in [5.41, 5.74) is 8.45. The third-order valence-electron chi connectivity index (χ3n) is 5.02. The van der Waals surface area contributed by atoms with Crippen LogP contribution >= 0.6 is 0 Å². The number of nitrogens with one attached hydrogen (secondary N) is 3. The lowest BCUT2D eigenvalue weighted by Gasteiger charge is -2.26. The van der Waals surface area contributed by atoms with Crippen LogP contribution in [0, 0.1) is 0 Å². The predicted molar refractivity (Wildman–Crippen MR) is 111 cm³/mol. The molecule has 1 aliphatic carbocycles. The Labute approximate surface area is 168 Å². The van der Waals surface area contributed by atoms with E-state index in [0.717, 1.165) is 25.7 Å². The molecule has 1 aromatic carbocycles. The standard InChI is InChI=1S/C20H25N7O2/c1-2-29-19(28)12-4-3-5-15(10-12)24-18-16-17(23-11-22-16)26-20(27-18)25-14-8-6-13(21)7-9-14/h3-5,10-11,13-14H,2,6-9,21H2,1H3,(H3,22,23,24,25,26,27). The molecule has 29 heavy (non-hydrogen) atoms. The van der Waals surface area contributed by atoms with Crippen LogP contribution in [0.15, 0.2) is 30.6 Å². The molecule has 1 aliphatic rings. The van der Waals surface area contributed by atoms with Gasteiger partial charge in [-0.25, -0.2) is 9.78 Å². The van der Waals surface area contributed by atoms with Crippen LogP contribution in [0.25, 0.3) is 11.2 Å². The molecular formula is C20H25N7O2. The maximum absolute atomic E-state index is 12.0. The molecule has 0 spiro atoms. The average molecular weight is 395 g/mol. The van der Waals surface area contributed by atoms with E-state index >= 15 is 0 Å². The topological polar surface area (TPSA) is 131 Å². The summed E-state index contributed by atoms with van der Waals surface area (Å²) in [6.45, 7) is 2.11. The van der Waals surface area contributed by atoms with Gasteiger partial charge in [0.2, 0.25) is 5.95 Å². The van der Waals surface area contributed by atoms with Gasteiger partial charge in [0.15, 0.2) is 17.0 Å². The number of fused-ring (bicyclic) bond motifs is 1. The molecule has 4 rings (SSSR count). The molecule has 2 aromatic heterocycles. The fraction of sp³-hybridized carbons (Fsp3) is 0.400. The number of nitrogens with zero attached hydrogens (tertiary/aromatic N) is 3. The molecule has 0 radical (unpaired) electrons. The van der Waals surface area contributed by atoms with E-state index in [9.17, 15) is 4.79 Å². The van der Waals surface area contributed by atoms with Crippen molar-refractivity contribution in [2.45, 2.75) is 44.7 Å². The second kappa shape index (κ2) is 8.44. The van der Waals surface area contributed by atoms with E-state index in [2.05, 4.69) is 30.6 Å². The van der Waals surface area contributed by atoms with E-state index < -0.39 is 0 Å². The average Bonchev–Trinajstić information content (AvgIpc) is 3.19. The fourth-order valence-corrected chi connectivity index (χ4v) is 3.51. The molecule has 9 nitrogen and oxygen atoms in total. The molecule has 0 saturated heterocycles. The first-order valence-electron chi connectivity index (χ1n) is 9.90. The number of ether oxygens (including phenoxy) is 1. The smallest absolute Gasteiger partial charge is 0.338 e. The molecule has 0 unspecified atom stereocenters. The van der Waals surface area contributed by atoms with Crippen LogP contribution in [-0.2, 0) is 4.74 Å². The van der Waals surface area contributed by atoms with E-state index in [1.54, 1.807) is 31.5 Å². The number of imidazole rings is 1. The van der Waals surface area contributed by atoms with E-state index in [4.69, 9.17) is 10.5 Å². The third kappa shape index (κ3) is 4.45. The van der Waals surface area contributed by atoms with E-state index in [1.807, 2.05) is 6.07 Å². The number of rotatable bonds is 6. The van der Waals surface area contributed by atoms with Crippen molar-refractivity contribution in [3.05, 3.63) is 36.2 Å². The number of aromatic nitrogens is 4. The lowest BCUT2D eigenvalue weighted by atomic mass is 9.92. The number of carbonyl (C=O) groups is 1. The van der Waals surface area contributed by atoms with Gasteiger partial charge in [-0.15, -0.1) is 0 Å². The first kappa shape index (κ1) is 19.1. The Morgan fingerprint density at radius 3 is 2.90 bits per heavy atom. The minimum absolute atomic E-state index is 0.285. The van der Waals surface area contributed by atoms with Crippen LogP contribution in [0.1, 0.15) is 43.0 Å². The highest BCUT2D eigenvalue weighted by Gasteiger charge is 2.20. The van der Waals surface area contributed by atoms with Crippen LogP contribution in [0.2, 0.25) is 0 Å². The van der Waals surface area contributed by atoms with Gasteiger partial charge in [0, 0.05) is 17.8 Å². The zero-order chi connectivity index (χ0) is 20.2. The molecule has 1 saturated carbocycles. The number of benzene rings is 1. The Kier molecular flexibility index (Phi) is 5.57. The number of aromatic amines is 1. The molecule has 2 heterocycles. The quantitative estimate of drug-likeness (QED) is 0.469. The Bertz CT molecular complexity index is 995. The maximum Gasteiger partial charge on any atom is 0.338 e. The summed E-state index contributed by atoms with van der Waals surface area (Å²) < 4.78 is 5.07. The minimum Gasteiger partial charge on any atom is -0.462 e. The van der Waals surface area contributed by atoms with Gasteiger partial charge >= 0.3 is 5.97 Å². The van der Waals surface area contributed by atoms with Crippen molar-refractivity contribution < 1.29 is 9.53 Å². The number of carbonyl (C=O) groups excluding carboxylic acids is 1. The van der Waals surface area contributed by atoms with Gasteiger partial charge in [-0.3, -0.25) is 0 Å². The second-order valence-corrected chi connectivity index (χ2v) is 7.18. The molecule has 0 amide bonds. The van der Waals surface area contributed by atoms with Crippen LogP contribution in [0.3, 0.4) is 0 Å². The van der Waals surface area contributed by atoms with Crippen molar-refractivity contribution in [1.29, 1.82) is 0 Å². The Morgan fingerprint density at radius 1 is 1.28 bits per heavy atom. The molecule has 152 valence electrons. The zero-order valence-corrected chi connectivity index (χ0v) is 16.3. The summed E-state index contributed by atoms with van der Waals surface area (Å²) in [5, 5.41) is 6.67. The fourth-order valence-electron chi connectivity index (χ4n) is 3.51. The molecule has 5 N–H and O–H groups in total. The van der Waals surface area contributed by atoms with E-state index in [1.165, 1.54) is 0 Å². The SMILES string of the molecule is CCOC(=O)c1cccc(Nc2nc(NC3CCC(N)CC3)nc3[nH]cnc23)c1. The van der Waals surface area contributed by atoms with Crippen molar-refractivity contribution in [3.8, 4) is 0 Å². The van der Waals surface area contributed by atoms with E-state index in [-0.39, 0.29) is 12.0 Å². The lowest BCUT2D eigenvalue weighted by Crippen LogP contribution is -2.33. The number of hydrogen-bond acceptors (Lipinski definition) is 8. The maximum atomic E-state index is 12.0. The number of nitrogens with two attached hydrogens (primary N) is 1. The van der Waals surface area contributed by atoms with Crippen LogP contribution < -0.4 is 16.4 Å². The summed E-state index contributed by atoms with van der Waals surface area (Å²) in [7, 11) is 0. The number of esters is 1. The summed E-state index contributed by atoms with van der Waals surface area (Å²) in [5.74, 6) is 0.736. The predicted octanol–water partition coefficient (Wildman–Crippen LogP) is 2.96. The summed E-state index contributed by atoms with van der Waals surface area (Å²) in [4.78, 5) is 28.5. The molecule has 9 heteroatoms. The van der Waals surface area contributed by atoms with Crippen LogP contribution in [0.5, 0.6) is 0 Å². The zero-order valence-electron chi connectivity index (χ0n) is 16.3. The van der Waals surface area contributed by atoms with Crippen molar-refractivity contribution in [1.82, 2.24) is 19.9 Å². The molecule has 3 aromatic rings. The molecule has 1 fully saturated rings. The number of H-pyrrole nitrogens is 1. The Balaban J connectivity index is 1.58. The van der Waals surface area contributed by atoms with E-state index in [0.29, 0.717) is 46.8 Å². The molecule has 0 atom stereocenters. The monoisotopic (exact) mass is 395 g/mol. The van der Waals surface area contributed by atoms with Crippen molar-refractivity contribution in [3.63, 3.8) is 0 Å². The highest BCUT2D eigenvalue weighted by atomic mass is 16.5. The van der Waals surface area contributed by atoms with Gasteiger partial charge in [0.05, 0.1) is 18.5 Å². The summed E-state index contributed by atoms with van der Waals surface area (Å²) >= 11 is 0. The van der Waals surface area contributed by atoms with Crippen molar-refractivity contribution >= 4 is 34.6 Å². The molecule has 0 aliphatic heterocycles. The highest BCUT2D eigenvalue weighted by Crippen LogP contribution is 2.25. The highest BCUT2D eigenvalue weighted by molar-refractivity contribution is 5.91. The lowest BCUT2D eigenvalue weighted by molar-refractivity contribution is 0.0526. The van der Waals surface area contributed by atoms with Gasteiger partial charge in [0.25, 0.3) is 0 Å². The second-order valence-electron chi connectivity index (χ2n) is 7.18. The van der Waals surface area contributed by atoms with Crippen molar-refractivity contribution in [2.75, 3.05) is 17.2 Å². The Morgan fingerprint density at radius 2 is 2.10 bits per heavy atom. The molecular weight excluding hydrogens is 370 g/mol. The van der Waals surface area contributed by atoms with Gasteiger partial charge in [-0.2, -0.15) is 9.97 Å². The largest absolute Gasteiger partial charge is 0.462 e. The van der Waals surface area contributed by atoms with Crippen LogP contribution in [0.4, 0.5) is 17.5 Å². The first-order valence-corrected chi connectivity index (χ1v) is 9.90. The normalized spacial score (nSPS) is 19.1. The van der Waals surface area contributed by atoms with Gasteiger partial charge in [-0.1, -0.05) is 6.07 Å². The van der Waals surface area contributed by atoms with Crippen molar-refractivity contribution in [2.24, 2.45) is 5.73 Å². The molecule has 0 bridgehead atoms. The first-order chi connectivity index (χ1) is 14.1.